The van der Waals surface area contributed by atoms with Crippen molar-refractivity contribution in [3.63, 3.8) is 0 Å². The Bertz CT molecular complexity index is 1000. The molecule has 1 aromatic carbocycles. The minimum atomic E-state index is -3.44. The molecule has 4 rings (SSSR count). The standard InChI is InChI=1S/C24H33N3O3S/c1-17-6-5-7-23(20(17)4)22-8-9-24(25-14-22)21-10-12-26(13-11-21)31(28,29)27-15-18(2)30-19(3)16-27/h5-9,14,18-19,21H,10-13,15-16H2,1-4H3. The smallest absolute Gasteiger partial charge is 0.282 e. The Morgan fingerprint density at radius 3 is 2.26 bits per heavy atom. The van der Waals surface area contributed by atoms with Crippen LogP contribution < -0.4 is 0 Å². The van der Waals surface area contributed by atoms with Gasteiger partial charge in [-0.3, -0.25) is 4.98 Å². The lowest BCUT2D eigenvalue weighted by molar-refractivity contribution is -0.0456. The Labute approximate surface area is 186 Å². The van der Waals surface area contributed by atoms with E-state index in [9.17, 15) is 8.42 Å². The summed E-state index contributed by atoms with van der Waals surface area (Å²) in [6, 6.07) is 10.6. The van der Waals surface area contributed by atoms with Crippen molar-refractivity contribution in [1.82, 2.24) is 13.6 Å². The van der Waals surface area contributed by atoms with Gasteiger partial charge in [-0.2, -0.15) is 17.0 Å². The quantitative estimate of drug-likeness (QED) is 0.719. The van der Waals surface area contributed by atoms with E-state index in [0.717, 1.165) is 24.1 Å². The summed E-state index contributed by atoms with van der Waals surface area (Å²) in [4.78, 5) is 4.75. The van der Waals surface area contributed by atoms with E-state index < -0.39 is 10.2 Å². The normalized spacial score (nSPS) is 24.4. The Balaban J connectivity index is 1.41. The van der Waals surface area contributed by atoms with Crippen LogP contribution in [0.2, 0.25) is 0 Å². The molecule has 0 aliphatic carbocycles. The zero-order chi connectivity index (χ0) is 22.2. The molecule has 2 aliphatic heterocycles. The Morgan fingerprint density at radius 1 is 0.968 bits per heavy atom. The highest BCUT2D eigenvalue weighted by Gasteiger charge is 2.37. The zero-order valence-electron chi connectivity index (χ0n) is 18.9. The monoisotopic (exact) mass is 443 g/mol. The number of benzene rings is 1. The summed E-state index contributed by atoms with van der Waals surface area (Å²) < 4.78 is 35.2. The van der Waals surface area contributed by atoms with Crippen molar-refractivity contribution in [2.45, 2.75) is 58.7 Å². The number of aromatic nitrogens is 1. The molecule has 2 fully saturated rings. The third-order valence-electron chi connectivity index (χ3n) is 6.61. The zero-order valence-corrected chi connectivity index (χ0v) is 19.7. The number of nitrogens with zero attached hydrogens (tertiary/aromatic N) is 3. The molecule has 6 nitrogen and oxygen atoms in total. The minimum Gasteiger partial charge on any atom is -0.373 e. The predicted octanol–water partition coefficient (Wildman–Crippen LogP) is 3.90. The molecule has 1 aromatic heterocycles. The van der Waals surface area contributed by atoms with Crippen LogP contribution in [0, 0.1) is 13.8 Å². The van der Waals surface area contributed by atoms with Gasteiger partial charge in [-0.25, -0.2) is 0 Å². The van der Waals surface area contributed by atoms with Crippen LogP contribution in [-0.2, 0) is 14.9 Å². The number of ether oxygens (including phenoxy) is 1. The summed E-state index contributed by atoms with van der Waals surface area (Å²) in [5.74, 6) is 0.293. The molecule has 0 N–H and O–H groups in total. The summed E-state index contributed by atoms with van der Waals surface area (Å²) in [5.41, 5.74) is 5.95. The van der Waals surface area contributed by atoms with Crippen LogP contribution in [-0.4, -0.2) is 60.4 Å². The number of pyridine rings is 1. The fourth-order valence-corrected chi connectivity index (χ4v) is 6.53. The molecule has 2 aromatic rings. The van der Waals surface area contributed by atoms with Crippen molar-refractivity contribution in [2.24, 2.45) is 0 Å². The van der Waals surface area contributed by atoms with Gasteiger partial charge in [0.25, 0.3) is 10.2 Å². The Hall–Kier alpha value is -1.80. The molecular weight excluding hydrogens is 410 g/mol. The number of aryl methyl sites for hydroxylation is 1. The first kappa shape index (κ1) is 22.4. The molecule has 2 unspecified atom stereocenters. The predicted molar refractivity (Wildman–Crippen MR) is 123 cm³/mol. The summed E-state index contributed by atoms with van der Waals surface area (Å²) >= 11 is 0. The average Bonchev–Trinajstić information content (AvgIpc) is 2.75. The van der Waals surface area contributed by atoms with E-state index in [4.69, 9.17) is 9.72 Å². The Morgan fingerprint density at radius 2 is 1.65 bits per heavy atom. The van der Waals surface area contributed by atoms with Crippen LogP contribution in [0.1, 0.15) is 49.4 Å². The maximum absolute atomic E-state index is 13.1. The SMILES string of the molecule is Cc1cccc(-c2ccc(C3CCN(S(=O)(=O)N4CC(C)OC(C)C4)CC3)nc2)c1C. The van der Waals surface area contributed by atoms with Crippen LogP contribution in [0.3, 0.4) is 0 Å². The number of hydrogen-bond donors (Lipinski definition) is 0. The van der Waals surface area contributed by atoms with E-state index in [1.807, 2.05) is 20.0 Å². The van der Waals surface area contributed by atoms with Gasteiger partial charge in [0.2, 0.25) is 0 Å². The molecule has 7 heteroatoms. The lowest BCUT2D eigenvalue weighted by Crippen LogP contribution is -2.54. The van der Waals surface area contributed by atoms with Gasteiger partial charge in [0, 0.05) is 49.6 Å². The summed E-state index contributed by atoms with van der Waals surface area (Å²) in [5, 5.41) is 0. The average molecular weight is 444 g/mol. The molecule has 0 spiro atoms. The van der Waals surface area contributed by atoms with Gasteiger partial charge in [0.05, 0.1) is 12.2 Å². The molecule has 2 aliphatic rings. The molecule has 0 amide bonds. The summed E-state index contributed by atoms with van der Waals surface area (Å²) in [6.45, 7) is 10.0. The van der Waals surface area contributed by atoms with E-state index in [-0.39, 0.29) is 12.2 Å². The van der Waals surface area contributed by atoms with Crippen LogP contribution in [0.5, 0.6) is 0 Å². The molecule has 2 atom stereocenters. The van der Waals surface area contributed by atoms with Crippen molar-refractivity contribution < 1.29 is 13.2 Å². The molecule has 3 heterocycles. The topological polar surface area (TPSA) is 62.7 Å². The second-order valence-corrected chi connectivity index (χ2v) is 10.9. The molecule has 31 heavy (non-hydrogen) atoms. The number of piperidine rings is 1. The number of morpholine rings is 1. The van der Waals surface area contributed by atoms with Crippen LogP contribution in [0.4, 0.5) is 0 Å². The molecule has 2 saturated heterocycles. The molecule has 0 bridgehead atoms. The van der Waals surface area contributed by atoms with Gasteiger partial charge in [-0.1, -0.05) is 24.3 Å². The van der Waals surface area contributed by atoms with Crippen molar-refractivity contribution in [2.75, 3.05) is 26.2 Å². The van der Waals surface area contributed by atoms with Crippen molar-refractivity contribution in [3.05, 3.63) is 53.3 Å². The van der Waals surface area contributed by atoms with E-state index in [0.29, 0.717) is 32.1 Å². The Kier molecular flexibility index (Phi) is 6.49. The molecule has 0 radical (unpaired) electrons. The van der Waals surface area contributed by atoms with Crippen LogP contribution in [0.15, 0.2) is 36.5 Å². The first-order valence-corrected chi connectivity index (χ1v) is 12.6. The largest absolute Gasteiger partial charge is 0.373 e. The fraction of sp³-hybridized carbons (Fsp3) is 0.542. The molecule has 0 saturated carbocycles. The van der Waals surface area contributed by atoms with Gasteiger partial charge in [-0.05, 0) is 63.3 Å². The second kappa shape index (κ2) is 8.98. The van der Waals surface area contributed by atoms with Gasteiger partial charge >= 0.3 is 0 Å². The maximum Gasteiger partial charge on any atom is 0.282 e. The van der Waals surface area contributed by atoms with Crippen LogP contribution >= 0.6 is 0 Å². The lowest BCUT2D eigenvalue weighted by atomic mass is 9.93. The van der Waals surface area contributed by atoms with E-state index in [1.165, 1.54) is 16.7 Å². The molecular formula is C24H33N3O3S. The number of rotatable bonds is 4. The lowest BCUT2D eigenvalue weighted by Gasteiger charge is -2.39. The van der Waals surface area contributed by atoms with Gasteiger partial charge in [0.15, 0.2) is 0 Å². The van der Waals surface area contributed by atoms with Crippen molar-refractivity contribution >= 4 is 10.2 Å². The van der Waals surface area contributed by atoms with Gasteiger partial charge in [-0.15, -0.1) is 0 Å². The van der Waals surface area contributed by atoms with E-state index >= 15 is 0 Å². The fourth-order valence-electron chi connectivity index (χ4n) is 4.73. The van der Waals surface area contributed by atoms with Crippen LogP contribution in [0.25, 0.3) is 11.1 Å². The first-order chi connectivity index (χ1) is 14.8. The second-order valence-electron chi connectivity index (χ2n) is 8.97. The molecule has 168 valence electrons. The first-order valence-electron chi connectivity index (χ1n) is 11.2. The van der Waals surface area contributed by atoms with E-state index in [2.05, 4.69) is 44.2 Å². The van der Waals surface area contributed by atoms with Crippen molar-refractivity contribution in [3.8, 4) is 11.1 Å². The highest BCUT2D eigenvalue weighted by molar-refractivity contribution is 7.86. The summed E-state index contributed by atoms with van der Waals surface area (Å²) in [7, 11) is -3.44. The number of hydrogen-bond acceptors (Lipinski definition) is 4. The van der Waals surface area contributed by atoms with Crippen molar-refractivity contribution in [1.29, 1.82) is 0 Å². The highest BCUT2D eigenvalue weighted by Crippen LogP contribution is 2.31. The summed E-state index contributed by atoms with van der Waals surface area (Å²) in [6.07, 6.45) is 3.40. The highest BCUT2D eigenvalue weighted by atomic mass is 32.2. The van der Waals surface area contributed by atoms with E-state index in [1.54, 1.807) is 8.61 Å². The minimum absolute atomic E-state index is 0.0733. The maximum atomic E-state index is 13.1. The van der Waals surface area contributed by atoms with Gasteiger partial charge < -0.3 is 4.74 Å². The third-order valence-corrected chi connectivity index (χ3v) is 8.58. The van der Waals surface area contributed by atoms with Gasteiger partial charge in [0.1, 0.15) is 0 Å². The third kappa shape index (κ3) is 4.70.